The lowest BCUT2D eigenvalue weighted by Crippen LogP contribution is -2.31. The minimum atomic E-state index is -0.492. The van der Waals surface area contributed by atoms with Crippen molar-refractivity contribution in [3.05, 3.63) is 23.7 Å². The zero-order valence-electron chi connectivity index (χ0n) is 9.69. The van der Waals surface area contributed by atoms with Gasteiger partial charge in [0.1, 0.15) is 5.76 Å². The largest absolute Gasteiger partial charge is 0.463 e. The van der Waals surface area contributed by atoms with Crippen LogP contribution in [-0.4, -0.2) is 30.8 Å². The van der Waals surface area contributed by atoms with E-state index in [2.05, 4.69) is 10.1 Å². The van der Waals surface area contributed by atoms with Gasteiger partial charge in [0, 0.05) is 6.04 Å². The molecule has 0 aromatic carbocycles. The summed E-state index contributed by atoms with van der Waals surface area (Å²) in [5.41, 5.74) is 0. The molecular weight excluding hydrogens is 210 g/mol. The molecule has 0 fully saturated rings. The Kier molecular flexibility index (Phi) is 4.52. The van der Waals surface area contributed by atoms with Crippen LogP contribution in [0, 0.1) is 0 Å². The molecule has 0 aliphatic carbocycles. The molecular formula is C11H17NO4. The summed E-state index contributed by atoms with van der Waals surface area (Å²) in [5.74, 6) is 0.331. The van der Waals surface area contributed by atoms with E-state index in [1.807, 2.05) is 13.8 Å². The highest BCUT2D eigenvalue weighted by Crippen LogP contribution is 2.17. The van der Waals surface area contributed by atoms with Crippen molar-refractivity contribution in [3.8, 4) is 0 Å². The molecule has 1 heterocycles. The van der Waals surface area contributed by atoms with Crippen LogP contribution in [0.4, 0.5) is 0 Å². The van der Waals surface area contributed by atoms with Crippen molar-refractivity contribution in [3.63, 3.8) is 0 Å². The summed E-state index contributed by atoms with van der Waals surface area (Å²) < 4.78 is 9.86. The molecule has 16 heavy (non-hydrogen) atoms. The number of ether oxygens (including phenoxy) is 1. The number of hydrogen-bond donors (Lipinski definition) is 2. The van der Waals surface area contributed by atoms with E-state index in [4.69, 9.17) is 9.52 Å². The number of furan rings is 1. The molecule has 5 heteroatoms. The molecule has 2 unspecified atom stereocenters. The predicted molar refractivity (Wildman–Crippen MR) is 58.1 cm³/mol. The molecule has 0 aliphatic rings. The third-order valence-electron chi connectivity index (χ3n) is 2.25. The smallest absolute Gasteiger partial charge is 0.373 e. The van der Waals surface area contributed by atoms with E-state index >= 15 is 0 Å². The summed E-state index contributed by atoms with van der Waals surface area (Å²) in [6.07, 6.45) is 0. The summed E-state index contributed by atoms with van der Waals surface area (Å²) in [4.78, 5) is 11.2. The second-order valence-corrected chi connectivity index (χ2v) is 3.67. The van der Waals surface area contributed by atoms with Crippen molar-refractivity contribution in [1.82, 2.24) is 5.32 Å². The van der Waals surface area contributed by atoms with Gasteiger partial charge in [0.05, 0.1) is 19.8 Å². The number of carbonyl (C=O) groups excluding carboxylic acids is 1. The molecule has 1 rings (SSSR count). The van der Waals surface area contributed by atoms with Crippen molar-refractivity contribution >= 4 is 5.97 Å². The number of hydrogen-bond acceptors (Lipinski definition) is 5. The average Bonchev–Trinajstić information content (AvgIpc) is 2.77. The minimum absolute atomic E-state index is 0.0262. The van der Waals surface area contributed by atoms with Crippen molar-refractivity contribution in [2.24, 2.45) is 0 Å². The fourth-order valence-corrected chi connectivity index (χ4v) is 1.36. The van der Waals surface area contributed by atoms with Gasteiger partial charge >= 0.3 is 5.97 Å². The molecule has 1 aromatic heterocycles. The van der Waals surface area contributed by atoms with Gasteiger partial charge in [-0.1, -0.05) is 0 Å². The van der Waals surface area contributed by atoms with E-state index < -0.39 is 5.97 Å². The normalized spacial score (nSPS) is 14.5. The fraction of sp³-hybridized carbons (Fsp3) is 0.545. The van der Waals surface area contributed by atoms with Gasteiger partial charge in [-0.05, 0) is 26.0 Å². The Bertz CT molecular complexity index is 348. The third-order valence-corrected chi connectivity index (χ3v) is 2.25. The average molecular weight is 227 g/mol. The Labute approximate surface area is 94.4 Å². The van der Waals surface area contributed by atoms with Gasteiger partial charge in [0.2, 0.25) is 5.76 Å². The number of aliphatic hydroxyl groups excluding tert-OH is 1. The maximum atomic E-state index is 11.2. The van der Waals surface area contributed by atoms with E-state index in [1.165, 1.54) is 7.11 Å². The van der Waals surface area contributed by atoms with Gasteiger partial charge in [-0.15, -0.1) is 0 Å². The molecule has 0 bridgehead atoms. The summed E-state index contributed by atoms with van der Waals surface area (Å²) >= 11 is 0. The molecule has 5 nitrogen and oxygen atoms in total. The highest BCUT2D eigenvalue weighted by molar-refractivity contribution is 5.86. The lowest BCUT2D eigenvalue weighted by Gasteiger charge is -2.15. The molecule has 0 radical (unpaired) electrons. The molecule has 1 aromatic rings. The molecule has 0 saturated carbocycles. The molecule has 90 valence electrons. The van der Waals surface area contributed by atoms with E-state index in [0.717, 1.165) is 0 Å². The third kappa shape index (κ3) is 3.08. The van der Waals surface area contributed by atoms with Gasteiger partial charge in [0.15, 0.2) is 0 Å². The van der Waals surface area contributed by atoms with Crippen LogP contribution in [0.3, 0.4) is 0 Å². The number of carbonyl (C=O) groups is 1. The van der Waals surface area contributed by atoms with Crippen molar-refractivity contribution in [2.75, 3.05) is 13.7 Å². The first-order valence-electron chi connectivity index (χ1n) is 5.13. The second kappa shape index (κ2) is 5.67. The quantitative estimate of drug-likeness (QED) is 0.737. The van der Waals surface area contributed by atoms with E-state index in [-0.39, 0.29) is 24.5 Å². The Morgan fingerprint density at radius 2 is 2.25 bits per heavy atom. The highest BCUT2D eigenvalue weighted by atomic mass is 16.5. The summed E-state index contributed by atoms with van der Waals surface area (Å²) in [6.45, 7) is 3.81. The number of aliphatic hydroxyl groups is 1. The Morgan fingerprint density at radius 1 is 1.56 bits per heavy atom. The second-order valence-electron chi connectivity index (χ2n) is 3.67. The lowest BCUT2D eigenvalue weighted by molar-refractivity contribution is 0.0562. The SMILES string of the molecule is COC(=O)c1ccc(C(C)NC(C)CO)o1. The molecule has 0 amide bonds. The minimum Gasteiger partial charge on any atom is -0.463 e. The van der Waals surface area contributed by atoms with Gasteiger partial charge < -0.3 is 19.6 Å². The molecule has 0 spiro atoms. The molecule has 0 aliphatic heterocycles. The van der Waals surface area contributed by atoms with Crippen LogP contribution < -0.4 is 5.32 Å². The fourth-order valence-electron chi connectivity index (χ4n) is 1.36. The first kappa shape index (κ1) is 12.7. The first-order chi connectivity index (χ1) is 7.58. The first-order valence-corrected chi connectivity index (χ1v) is 5.13. The van der Waals surface area contributed by atoms with Crippen LogP contribution in [-0.2, 0) is 4.74 Å². The molecule has 2 N–H and O–H groups in total. The van der Waals surface area contributed by atoms with Gasteiger partial charge in [-0.3, -0.25) is 0 Å². The zero-order valence-corrected chi connectivity index (χ0v) is 9.69. The van der Waals surface area contributed by atoms with Crippen molar-refractivity contribution in [1.29, 1.82) is 0 Å². The van der Waals surface area contributed by atoms with Crippen LogP contribution in [0.1, 0.15) is 36.2 Å². The van der Waals surface area contributed by atoms with Crippen LogP contribution in [0.2, 0.25) is 0 Å². The number of rotatable bonds is 5. The van der Waals surface area contributed by atoms with Crippen molar-refractivity contribution in [2.45, 2.75) is 25.9 Å². The number of methoxy groups -OCH3 is 1. The van der Waals surface area contributed by atoms with E-state index in [9.17, 15) is 4.79 Å². The van der Waals surface area contributed by atoms with Crippen LogP contribution in [0.15, 0.2) is 16.5 Å². The number of nitrogens with one attached hydrogen (secondary N) is 1. The van der Waals surface area contributed by atoms with Gasteiger partial charge in [-0.2, -0.15) is 0 Å². The van der Waals surface area contributed by atoms with E-state index in [1.54, 1.807) is 12.1 Å². The Balaban J connectivity index is 2.66. The summed E-state index contributed by atoms with van der Waals surface area (Å²) in [6, 6.07) is 3.19. The lowest BCUT2D eigenvalue weighted by atomic mass is 10.2. The maximum absolute atomic E-state index is 11.2. The van der Waals surface area contributed by atoms with Gasteiger partial charge in [-0.25, -0.2) is 4.79 Å². The van der Waals surface area contributed by atoms with E-state index in [0.29, 0.717) is 5.76 Å². The Hall–Kier alpha value is -1.33. The van der Waals surface area contributed by atoms with Crippen molar-refractivity contribution < 1.29 is 19.1 Å². The number of esters is 1. The topological polar surface area (TPSA) is 71.7 Å². The predicted octanol–water partition coefficient (Wildman–Crippen LogP) is 1.10. The monoisotopic (exact) mass is 227 g/mol. The zero-order chi connectivity index (χ0) is 12.1. The van der Waals surface area contributed by atoms with Crippen LogP contribution in [0.5, 0.6) is 0 Å². The molecule has 2 atom stereocenters. The maximum Gasteiger partial charge on any atom is 0.373 e. The standard InChI is InChI=1S/C11H17NO4/c1-7(6-13)12-8(2)9-4-5-10(16-9)11(14)15-3/h4-5,7-8,12-13H,6H2,1-3H3. The Morgan fingerprint density at radius 3 is 2.81 bits per heavy atom. The van der Waals surface area contributed by atoms with Crippen LogP contribution in [0.25, 0.3) is 0 Å². The van der Waals surface area contributed by atoms with Gasteiger partial charge in [0.25, 0.3) is 0 Å². The summed E-state index contributed by atoms with van der Waals surface area (Å²) in [5, 5.41) is 12.0. The highest BCUT2D eigenvalue weighted by Gasteiger charge is 2.16. The van der Waals surface area contributed by atoms with Crippen LogP contribution >= 0.6 is 0 Å². The summed E-state index contributed by atoms with van der Waals surface area (Å²) in [7, 11) is 1.31. The molecule has 0 saturated heterocycles.